The van der Waals surface area contributed by atoms with E-state index in [4.69, 9.17) is 9.94 Å². The summed E-state index contributed by atoms with van der Waals surface area (Å²) in [5.74, 6) is -0.104. The summed E-state index contributed by atoms with van der Waals surface area (Å²) in [7, 11) is 0. The second kappa shape index (κ2) is 10.9. The maximum Gasteiger partial charge on any atom is 0.251 e. The number of likely N-dealkylation sites (tertiary alicyclic amines) is 1. The molecule has 2 amide bonds. The third-order valence-electron chi connectivity index (χ3n) is 7.11. The number of nitrogens with one attached hydrogen (secondary N) is 2. The SMILES string of the molecule is Cc1cc(COc2ccc(C(=O)NC3(CC(=O)NO)CCN(C(C)(C)C)CC3)cc2)c2ccccc2n1. The molecule has 1 aliphatic rings. The van der Waals surface area contributed by atoms with Crippen LogP contribution in [0.25, 0.3) is 10.9 Å². The topological polar surface area (TPSA) is 104 Å². The molecular formula is C29H36N4O4. The summed E-state index contributed by atoms with van der Waals surface area (Å²) in [6.07, 6.45) is 1.25. The molecule has 8 heteroatoms. The molecule has 0 atom stereocenters. The number of nitrogens with zero attached hydrogens (tertiary/aromatic N) is 2. The minimum absolute atomic E-state index is 0.00643. The number of para-hydroxylation sites is 1. The lowest BCUT2D eigenvalue weighted by atomic mass is 9.82. The smallest absolute Gasteiger partial charge is 0.251 e. The Morgan fingerprint density at radius 3 is 2.41 bits per heavy atom. The molecule has 1 fully saturated rings. The maximum absolute atomic E-state index is 13.2. The van der Waals surface area contributed by atoms with Gasteiger partial charge in [-0.2, -0.15) is 0 Å². The summed E-state index contributed by atoms with van der Waals surface area (Å²) in [5.41, 5.74) is 4.41. The van der Waals surface area contributed by atoms with E-state index < -0.39 is 11.4 Å². The number of carbonyl (C=O) groups is 2. The van der Waals surface area contributed by atoms with Gasteiger partial charge in [0.15, 0.2) is 0 Å². The molecule has 1 saturated heterocycles. The van der Waals surface area contributed by atoms with Gasteiger partial charge in [0.05, 0.1) is 17.5 Å². The van der Waals surface area contributed by atoms with Crippen molar-refractivity contribution >= 4 is 22.7 Å². The number of aryl methyl sites for hydroxylation is 1. The number of rotatable bonds is 7. The van der Waals surface area contributed by atoms with Gasteiger partial charge in [-0.3, -0.25) is 24.7 Å². The molecule has 0 bridgehead atoms. The second-order valence-electron chi connectivity index (χ2n) is 10.9. The van der Waals surface area contributed by atoms with Crippen LogP contribution < -0.4 is 15.5 Å². The van der Waals surface area contributed by atoms with Gasteiger partial charge in [0.2, 0.25) is 5.91 Å². The predicted octanol–water partition coefficient (Wildman–Crippen LogP) is 4.38. The van der Waals surface area contributed by atoms with Crippen molar-refractivity contribution in [3.63, 3.8) is 0 Å². The van der Waals surface area contributed by atoms with Crippen LogP contribution in [0.3, 0.4) is 0 Å². The highest BCUT2D eigenvalue weighted by Crippen LogP contribution is 2.30. The van der Waals surface area contributed by atoms with E-state index in [2.05, 4.69) is 36.0 Å². The molecule has 37 heavy (non-hydrogen) atoms. The highest BCUT2D eigenvalue weighted by Gasteiger charge is 2.40. The molecule has 1 aromatic heterocycles. The van der Waals surface area contributed by atoms with E-state index in [0.717, 1.165) is 35.2 Å². The highest BCUT2D eigenvalue weighted by atomic mass is 16.5. The number of carbonyl (C=O) groups excluding carboxylic acids is 2. The number of fused-ring (bicyclic) bond motifs is 1. The number of pyridine rings is 1. The molecule has 4 rings (SSSR count). The van der Waals surface area contributed by atoms with E-state index in [0.29, 0.717) is 30.8 Å². The number of piperidine rings is 1. The van der Waals surface area contributed by atoms with Crippen LogP contribution >= 0.6 is 0 Å². The minimum Gasteiger partial charge on any atom is -0.489 e. The van der Waals surface area contributed by atoms with Crippen molar-refractivity contribution in [2.24, 2.45) is 0 Å². The zero-order chi connectivity index (χ0) is 26.6. The first-order valence-electron chi connectivity index (χ1n) is 12.7. The van der Waals surface area contributed by atoms with Gasteiger partial charge in [0.1, 0.15) is 12.4 Å². The van der Waals surface area contributed by atoms with Crippen molar-refractivity contribution in [1.29, 1.82) is 0 Å². The Labute approximate surface area is 218 Å². The number of benzene rings is 2. The van der Waals surface area contributed by atoms with Gasteiger partial charge in [0, 0.05) is 40.8 Å². The first-order chi connectivity index (χ1) is 17.6. The molecule has 3 N–H and O–H groups in total. The van der Waals surface area contributed by atoms with Crippen molar-refractivity contribution in [1.82, 2.24) is 20.7 Å². The maximum atomic E-state index is 13.2. The number of amides is 2. The Bertz CT molecular complexity index is 1260. The van der Waals surface area contributed by atoms with Gasteiger partial charge in [-0.25, -0.2) is 5.48 Å². The lowest BCUT2D eigenvalue weighted by Gasteiger charge is -2.46. The molecule has 0 spiro atoms. The largest absolute Gasteiger partial charge is 0.489 e. The van der Waals surface area contributed by atoms with Crippen molar-refractivity contribution < 1.29 is 19.5 Å². The average molecular weight is 505 g/mol. The summed E-state index contributed by atoms with van der Waals surface area (Å²) in [6, 6.07) is 17.0. The van der Waals surface area contributed by atoms with E-state index in [1.54, 1.807) is 29.7 Å². The van der Waals surface area contributed by atoms with E-state index in [-0.39, 0.29) is 17.9 Å². The molecule has 0 saturated carbocycles. The molecule has 0 aliphatic carbocycles. The van der Waals surface area contributed by atoms with E-state index >= 15 is 0 Å². The van der Waals surface area contributed by atoms with Gasteiger partial charge in [-0.1, -0.05) is 18.2 Å². The zero-order valence-corrected chi connectivity index (χ0v) is 22.0. The van der Waals surface area contributed by atoms with E-state index in [9.17, 15) is 9.59 Å². The lowest BCUT2D eigenvalue weighted by Crippen LogP contribution is -2.59. The normalized spacial score (nSPS) is 15.8. The Morgan fingerprint density at radius 2 is 1.76 bits per heavy atom. The lowest BCUT2D eigenvalue weighted by molar-refractivity contribution is -0.131. The van der Waals surface area contributed by atoms with E-state index in [1.807, 2.05) is 37.3 Å². The summed E-state index contributed by atoms with van der Waals surface area (Å²) in [5, 5.41) is 13.3. The van der Waals surface area contributed by atoms with Crippen LogP contribution in [0, 0.1) is 6.92 Å². The molecular weight excluding hydrogens is 468 g/mol. The van der Waals surface area contributed by atoms with Crippen molar-refractivity contribution in [2.45, 2.75) is 64.6 Å². The zero-order valence-electron chi connectivity index (χ0n) is 22.0. The number of hydroxylamine groups is 1. The molecule has 1 aliphatic heterocycles. The van der Waals surface area contributed by atoms with Crippen molar-refractivity contribution in [3.8, 4) is 5.75 Å². The fourth-order valence-electron chi connectivity index (χ4n) is 4.99. The monoisotopic (exact) mass is 504 g/mol. The first kappa shape index (κ1) is 26.6. The molecule has 0 radical (unpaired) electrons. The first-order valence-corrected chi connectivity index (χ1v) is 12.7. The fraction of sp³-hybridized carbons (Fsp3) is 0.414. The van der Waals surface area contributed by atoms with Crippen molar-refractivity contribution in [3.05, 3.63) is 71.4 Å². The number of hydrogen-bond donors (Lipinski definition) is 3. The Hall–Kier alpha value is -3.49. The van der Waals surface area contributed by atoms with Crippen LogP contribution in [-0.2, 0) is 11.4 Å². The standard InChI is InChI=1S/C29H36N4O4/c1-20-17-22(24-7-5-6-8-25(24)30-20)19-37-23-11-9-21(10-12-23)27(35)31-29(18-26(34)32-36)13-15-33(16-14-29)28(2,3)4/h5-12,17,36H,13-16,18-19H2,1-4H3,(H,31,35)(H,32,34). The molecule has 2 heterocycles. The van der Waals surface area contributed by atoms with Gasteiger partial charge in [-0.15, -0.1) is 0 Å². The molecule has 8 nitrogen and oxygen atoms in total. The van der Waals surface area contributed by atoms with Gasteiger partial charge < -0.3 is 10.1 Å². The Morgan fingerprint density at radius 1 is 1.08 bits per heavy atom. The van der Waals surface area contributed by atoms with Gasteiger partial charge in [0.25, 0.3) is 5.91 Å². The third kappa shape index (κ3) is 6.45. The Balaban J connectivity index is 1.43. The molecule has 2 aromatic carbocycles. The van der Waals surface area contributed by atoms with Crippen LogP contribution in [0.5, 0.6) is 5.75 Å². The fourth-order valence-corrected chi connectivity index (χ4v) is 4.99. The van der Waals surface area contributed by atoms with Crippen LogP contribution in [-0.4, -0.2) is 51.1 Å². The number of aromatic nitrogens is 1. The summed E-state index contributed by atoms with van der Waals surface area (Å²) in [4.78, 5) is 32.2. The third-order valence-corrected chi connectivity index (χ3v) is 7.11. The van der Waals surface area contributed by atoms with Gasteiger partial charge in [-0.05, 0) is 76.9 Å². The number of hydrogen-bond acceptors (Lipinski definition) is 6. The van der Waals surface area contributed by atoms with Crippen molar-refractivity contribution in [2.75, 3.05) is 13.1 Å². The Kier molecular flexibility index (Phi) is 7.80. The van der Waals surface area contributed by atoms with Gasteiger partial charge >= 0.3 is 0 Å². The summed E-state index contributed by atoms with van der Waals surface area (Å²) >= 11 is 0. The highest BCUT2D eigenvalue weighted by molar-refractivity contribution is 5.95. The summed E-state index contributed by atoms with van der Waals surface area (Å²) < 4.78 is 6.02. The van der Waals surface area contributed by atoms with E-state index in [1.165, 1.54) is 0 Å². The second-order valence-corrected chi connectivity index (χ2v) is 10.9. The van der Waals surface area contributed by atoms with Crippen LogP contribution in [0.1, 0.15) is 61.6 Å². The minimum atomic E-state index is -0.721. The quantitative estimate of drug-likeness (QED) is 0.326. The number of ether oxygens (including phenoxy) is 1. The molecule has 196 valence electrons. The molecule has 0 unspecified atom stereocenters. The predicted molar refractivity (Wildman–Crippen MR) is 143 cm³/mol. The summed E-state index contributed by atoms with van der Waals surface area (Å²) in [6.45, 7) is 10.3. The van der Waals surface area contributed by atoms with Crippen LogP contribution in [0.15, 0.2) is 54.6 Å². The average Bonchev–Trinajstić information content (AvgIpc) is 2.87. The van der Waals surface area contributed by atoms with Crippen LogP contribution in [0.2, 0.25) is 0 Å². The van der Waals surface area contributed by atoms with Crippen LogP contribution in [0.4, 0.5) is 0 Å². The molecule has 3 aromatic rings.